The summed E-state index contributed by atoms with van der Waals surface area (Å²) in [5.41, 5.74) is 2.96. The van der Waals surface area contributed by atoms with Gasteiger partial charge in [0, 0.05) is 11.1 Å². The van der Waals surface area contributed by atoms with Crippen LogP contribution in [0.25, 0.3) is 11.1 Å². The van der Waals surface area contributed by atoms with Gasteiger partial charge < -0.3 is 15.2 Å². The SMILES string of the molecule is COc1ccc(-c2cc(Cl)cc(C(O)CCC3CCCCN3)c2)cc1. The maximum Gasteiger partial charge on any atom is 0.118 e. The van der Waals surface area contributed by atoms with E-state index in [0.717, 1.165) is 41.8 Å². The van der Waals surface area contributed by atoms with Gasteiger partial charge in [0.1, 0.15) is 5.75 Å². The smallest absolute Gasteiger partial charge is 0.118 e. The molecule has 2 N–H and O–H groups in total. The van der Waals surface area contributed by atoms with Gasteiger partial charge in [-0.25, -0.2) is 0 Å². The maximum atomic E-state index is 10.6. The zero-order chi connectivity index (χ0) is 17.6. The summed E-state index contributed by atoms with van der Waals surface area (Å²) in [7, 11) is 1.66. The Balaban J connectivity index is 1.71. The Morgan fingerprint density at radius 1 is 1.16 bits per heavy atom. The van der Waals surface area contributed by atoms with Crippen LogP contribution in [0.15, 0.2) is 42.5 Å². The lowest BCUT2D eigenvalue weighted by Gasteiger charge is -2.24. The van der Waals surface area contributed by atoms with Crippen molar-refractivity contribution in [2.75, 3.05) is 13.7 Å². The third-order valence-electron chi connectivity index (χ3n) is 4.93. The number of ether oxygens (including phenoxy) is 1. The molecule has 1 aliphatic rings. The molecule has 0 amide bonds. The molecule has 3 rings (SSSR count). The summed E-state index contributed by atoms with van der Waals surface area (Å²) in [6, 6.07) is 14.2. The topological polar surface area (TPSA) is 41.5 Å². The average molecular weight is 360 g/mol. The second-order valence-corrected chi connectivity index (χ2v) is 7.18. The van der Waals surface area contributed by atoms with Gasteiger partial charge >= 0.3 is 0 Å². The van der Waals surface area contributed by atoms with E-state index in [1.807, 2.05) is 42.5 Å². The molecule has 0 spiro atoms. The van der Waals surface area contributed by atoms with Crippen molar-refractivity contribution in [2.45, 2.75) is 44.2 Å². The van der Waals surface area contributed by atoms with Crippen LogP contribution in [0.5, 0.6) is 5.75 Å². The van der Waals surface area contributed by atoms with Crippen molar-refractivity contribution >= 4 is 11.6 Å². The highest BCUT2D eigenvalue weighted by Crippen LogP contribution is 2.30. The fraction of sp³-hybridized carbons (Fsp3) is 0.429. The van der Waals surface area contributed by atoms with E-state index in [-0.39, 0.29) is 0 Å². The van der Waals surface area contributed by atoms with Crippen LogP contribution < -0.4 is 10.1 Å². The van der Waals surface area contributed by atoms with Crippen molar-refractivity contribution in [2.24, 2.45) is 0 Å². The zero-order valence-corrected chi connectivity index (χ0v) is 15.4. The molecule has 1 aliphatic heterocycles. The number of aliphatic hydroxyl groups excluding tert-OH is 1. The van der Waals surface area contributed by atoms with Crippen molar-refractivity contribution in [3.8, 4) is 16.9 Å². The molecule has 3 nitrogen and oxygen atoms in total. The van der Waals surface area contributed by atoms with E-state index in [0.29, 0.717) is 11.1 Å². The van der Waals surface area contributed by atoms with Crippen molar-refractivity contribution in [3.05, 3.63) is 53.1 Å². The number of nitrogens with one attached hydrogen (secondary N) is 1. The summed E-state index contributed by atoms with van der Waals surface area (Å²) in [5, 5.41) is 14.8. The molecule has 25 heavy (non-hydrogen) atoms. The minimum atomic E-state index is -0.487. The lowest BCUT2D eigenvalue weighted by molar-refractivity contribution is 0.157. The van der Waals surface area contributed by atoms with Crippen molar-refractivity contribution in [1.82, 2.24) is 5.32 Å². The summed E-state index contributed by atoms with van der Waals surface area (Å²) in [4.78, 5) is 0. The third kappa shape index (κ3) is 4.97. The van der Waals surface area contributed by atoms with Gasteiger partial charge in [0.2, 0.25) is 0 Å². The van der Waals surface area contributed by atoms with Gasteiger partial charge in [-0.2, -0.15) is 0 Å². The van der Waals surface area contributed by atoms with Crippen LogP contribution in [0.2, 0.25) is 5.02 Å². The largest absolute Gasteiger partial charge is 0.497 e. The molecular formula is C21H26ClNO2. The van der Waals surface area contributed by atoms with Crippen LogP contribution in [0.1, 0.15) is 43.8 Å². The van der Waals surface area contributed by atoms with E-state index >= 15 is 0 Å². The molecule has 0 aliphatic carbocycles. The van der Waals surface area contributed by atoms with Gasteiger partial charge in [0.15, 0.2) is 0 Å². The van der Waals surface area contributed by atoms with Gasteiger partial charge in [0.05, 0.1) is 13.2 Å². The van der Waals surface area contributed by atoms with Crippen molar-refractivity contribution < 1.29 is 9.84 Å². The van der Waals surface area contributed by atoms with E-state index in [2.05, 4.69) is 5.32 Å². The molecule has 2 atom stereocenters. The second-order valence-electron chi connectivity index (χ2n) is 6.74. The summed E-state index contributed by atoms with van der Waals surface area (Å²) in [6.07, 6.45) is 5.01. The van der Waals surface area contributed by atoms with E-state index in [9.17, 15) is 5.11 Å². The van der Waals surface area contributed by atoms with Gasteiger partial charge in [-0.1, -0.05) is 30.2 Å². The van der Waals surface area contributed by atoms with Gasteiger partial charge in [-0.05, 0) is 79.3 Å². The molecule has 4 heteroatoms. The number of hydrogen-bond donors (Lipinski definition) is 2. The quantitative estimate of drug-likeness (QED) is 0.765. The number of piperidine rings is 1. The van der Waals surface area contributed by atoms with Crippen LogP contribution >= 0.6 is 11.6 Å². The Morgan fingerprint density at radius 3 is 2.64 bits per heavy atom. The first-order valence-electron chi connectivity index (χ1n) is 9.02. The van der Waals surface area contributed by atoms with Crippen molar-refractivity contribution in [3.63, 3.8) is 0 Å². The Kier molecular flexibility index (Phi) is 6.35. The average Bonchev–Trinajstić information content (AvgIpc) is 2.66. The summed E-state index contributed by atoms with van der Waals surface area (Å²) >= 11 is 6.30. The molecule has 2 unspecified atom stereocenters. The number of rotatable bonds is 6. The Hall–Kier alpha value is -1.55. The van der Waals surface area contributed by atoms with Gasteiger partial charge in [0.25, 0.3) is 0 Å². The molecular weight excluding hydrogens is 334 g/mol. The fourth-order valence-electron chi connectivity index (χ4n) is 3.45. The van der Waals surface area contributed by atoms with Gasteiger partial charge in [-0.15, -0.1) is 0 Å². The molecule has 0 radical (unpaired) electrons. The molecule has 0 bridgehead atoms. The molecule has 134 valence electrons. The highest BCUT2D eigenvalue weighted by molar-refractivity contribution is 6.31. The van der Waals surface area contributed by atoms with Crippen molar-refractivity contribution in [1.29, 1.82) is 0 Å². The van der Waals surface area contributed by atoms with Crippen LogP contribution in [0.4, 0.5) is 0 Å². The predicted octanol–water partition coefficient (Wildman–Crippen LogP) is 4.97. The first kappa shape index (κ1) is 18.2. The normalized spacial score (nSPS) is 18.8. The zero-order valence-electron chi connectivity index (χ0n) is 14.7. The third-order valence-corrected chi connectivity index (χ3v) is 5.15. The minimum Gasteiger partial charge on any atom is -0.497 e. The predicted molar refractivity (Wildman–Crippen MR) is 103 cm³/mol. The fourth-order valence-corrected chi connectivity index (χ4v) is 3.69. The number of benzene rings is 2. The van der Waals surface area contributed by atoms with Crippen LogP contribution in [-0.2, 0) is 0 Å². The van der Waals surface area contributed by atoms with Gasteiger partial charge in [-0.3, -0.25) is 0 Å². The highest BCUT2D eigenvalue weighted by Gasteiger charge is 2.16. The lowest BCUT2D eigenvalue weighted by Crippen LogP contribution is -2.34. The molecule has 2 aromatic carbocycles. The summed E-state index contributed by atoms with van der Waals surface area (Å²) < 4.78 is 5.21. The Bertz CT molecular complexity index is 681. The summed E-state index contributed by atoms with van der Waals surface area (Å²) in [5.74, 6) is 0.825. The number of methoxy groups -OCH3 is 1. The lowest BCUT2D eigenvalue weighted by atomic mass is 9.95. The van der Waals surface area contributed by atoms with E-state index in [1.54, 1.807) is 7.11 Å². The van der Waals surface area contributed by atoms with Crippen LogP contribution in [0, 0.1) is 0 Å². The molecule has 2 aromatic rings. The molecule has 1 fully saturated rings. The van der Waals surface area contributed by atoms with E-state index in [1.165, 1.54) is 19.3 Å². The highest BCUT2D eigenvalue weighted by atomic mass is 35.5. The van der Waals surface area contributed by atoms with Crippen LogP contribution in [0.3, 0.4) is 0 Å². The number of halogens is 1. The number of hydrogen-bond acceptors (Lipinski definition) is 3. The minimum absolute atomic E-state index is 0.487. The second kappa shape index (κ2) is 8.70. The van der Waals surface area contributed by atoms with E-state index < -0.39 is 6.10 Å². The molecule has 0 aromatic heterocycles. The standard InChI is InChI=1S/C21H26ClNO2/c1-25-20-8-5-15(6-9-20)16-12-17(14-18(22)13-16)21(24)10-7-19-4-2-3-11-23-19/h5-6,8-9,12-14,19,21,23-24H,2-4,7,10-11H2,1H3. The Labute approximate surface area is 155 Å². The van der Waals surface area contributed by atoms with Crippen LogP contribution in [-0.4, -0.2) is 24.8 Å². The van der Waals surface area contributed by atoms with E-state index in [4.69, 9.17) is 16.3 Å². The first-order valence-corrected chi connectivity index (χ1v) is 9.40. The summed E-state index contributed by atoms with van der Waals surface area (Å²) in [6.45, 7) is 1.10. The molecule has 1 saturated heterocycles. The first-order chi connectivity index (χ1) is 12.2. The number of aliphatic hydroxyl groups is 1. The molecule has 0 saturated carbocycles. The maximum absolute atomic E-state index is 10.6. The monoisotopic (exact) mass is 359 g/mol. The Morgan fingerprint density at radius 2 is 1.96 bits per heavy atom. The molecule has 1 heterocycles.